The third-order valence-corrected chi connectivity index (χ3v) is 5.09. The summed E-state index contributed by atoms with van der Waals surface area (Å²) in [6.07, 6.45) is 6.56. The van der Waals surface area contributed by atoms with Gasteiger partial charge >= 0.3 is 0 Å². The molecule has 1 fully saturated rings. The molecule has 0 radical (unpaired) electrons. The second kappa shape index (κ2) is 5.41. The van der Waals surface area contributed by atoms with E-state index in [4.69, 9.17) is 0 Å². The molecule has 21 heavy (non-hydrogen) atoms. The topological polar surface area (TPSA) is 46.4 Å². The third-order valence-electron chi connectivity index (χ3n) is 5.09. The van der Waals surface area contributed by atoms with Gasteiger partial charge in [-0.05, 0) is 24.0 Å². The van der Waals surface area contributed by atoms with Crippen LogP contribution in [0.3, 0.4) is 0 Å². The summed E-state index contributed by atoms with van der Waals surface area (Å²) in [5.41, 5.74) is 2.71. The molecule has 4 heteroatoms. The highest BCUT2D eigenvalue weighted by molar-refractivity contribution is 5.44. The molecule has 0 unspecified atom stereocenters. The maximum atomic E-state index is 11.0. The van der Waals surface area contributed by atoms with Crippen molar-refractivity contribution < 1.29 is 4.92 Å². The van der Waals surface area contributed by atoms with Crippen LogP contribution in [0, 0.1) is 10.1 Å². The summed E-state index contributed by atoms with van der Waals surface area (Å²) >= 11 is 0. The van der Waals surface area contributed by atoms with E-state index < -0.39 is 0 Å². The number of fused-ring (bicyclic) bond motifs is 1. The summed E-state index contributed by atoms with van der Waals surface area (Å²) in [4.78, 5) is 13.3. The van der Waals surface area contributed by atoms with Gasteiger partial charge in [0.15, 0.2) is 0 Å². The van der Waals surface area contributed by atoms with Gasteiger partial charge in [-0.1, -0.05) is 39.2 Å². The largest absolute Gasteiger partial charge is 0.295 e. The van der Waals surface area contributed by atoms with Crippen molar-refractivity contribution in [1.82, 2.24) is 4.90 Å². The SMILES string of the molecule is CC1(C)CN(C2CCCCC2)Cc2cc([N+](=O)[O-])ccc21. The highest BCUT2D eigenvalue weighted by atomic mass is 16.6. The van der Waals surface area contributed by atoms with Crippen molar-refractivity contribution in [2.45, 2.75) is 64.0 Å². The number of benzene rings is 1. The fraction of sp³-hybridized carbons (Fsp3) is 0.647. The maximum absolute atomic E-state index is 11.0. The lowest BCUT2D eigenvalue weighted by atomic mass is 9.77. The van der Waals surface area contributed by atoms with E-state index in [-0.39, 0.29) is 16.0 Å². The zero-order valence-electron chi connectivity index (χ0n) is 13.0. The van der Waals surface area contributed by atoms with Gasteiger partial charge < -0.3 is 0 Å². The van der Waals surface area contributed by atoms with E-state index in [1.54, 1.807) is 12.1 Å². The summed E-state index contributed by atoms with van der Waals surface area (Å²) < 4.78 is 0. The number of nitro benzene ring substituents is 1. The molecule has 114 valence electrons. The smallest absolute Gasteiger partial charge is 0.269 e. The Balaban J connectivity index is 1.91. The molecule has 0 bridgehead atoms. The van der Waals surface area contributed by atoms with Gasteiger partial charge in [0, 0.05) is 36.7 Å². The Bertz CT molecular complexity index is 548. The average molecular weight is 288 g/mol. The highest BCUT2D eigenvalue weighted by Gasteiger charge is 2.35. The highest BCUT2D eigenvalue weighted by Crippen LogP contribution is 2.37. The molecule has 1 saturated carbocycles. The molecule has 4 nitrogen and oxygen atoms in total. The Morgan fingerprint density at radius 1 is 1.24 bits per heavy atom. The number of rotatable bonds is 2. The summed E-state index contributed by atoms with van der Waals surface area (Å²) in [5, 5.41) is 11.0. The first-order valence-corrected chi connectivity index (χ1v) is 7.99. The molecule has 1 aliphatic carbocycles. The minimum absolute atomic E-state index is 0.0696. The van der Waals surface area contributed by atoms with Crippen LogP contribution in [0.15, 0.2) is 18.2 Å². The molecule has 0 atom stereocenters. The van der Waals surface area contributed by atoms with E-state index in [1.165, 1.54) is 37.7 Å². The molecular weight excluding hydrogens is 264 g/mol. The first-order valence-electron chi connectivity index (χ1n) is 7.99. The van der Waals surface area contributed by atoms with Crippen molar-refractivity contribution in [3.05, 3.63) is 39.4 Å². The molecule has 2 aliphatic rings. The van der Waals surface area contributed by atoms with Crippen LogP contribution in [0.2, 0.25) is 0 Å². The third kappa shape index (κ3) is 2.82. The average Bonchev–Trinajstić information content (AvgIpc) is 2.46. The van der Waals surface area contributed by atoms with Crippen molar-refractivity contribution in [2.75, 3.05) is 6.54 Å². The standard InChI is InChI=1S/C17H24N2O2/c1-17(2)12-18(14-6-4-3-5-7-14)11-13-10-15(19(20)21)8-9-16(13)17/h8-10,14H,3-7,11-12H2,1-2H3. The lowest BCUT2D eigenvalue weighted by Crippen LogP contribution is -2.47. The minimum atomic E-state index is -0.285. The molecule has 3 rings (SSSR count). The van der Waals surface area contributed by atoms with Gasteiger partial charge in [-0.3, -0.25) is 15.0 Å². The van der Waals surface area contributed by atoms with E-state index in [0.717, 1.165) is 18.7 Å². The molecule has 1 aromatic rings. The Hall–Kier alpha value is -1.42. The van der Waals surface area contributed by atoms with Gasteiger partial charge in [0.25, 0.3) is 5.69 Å². The van der Waals surface area contributed by atoms with Crippen LogP contribution >= 0.6 is 0 Å². The number of hydrogen-bond donors (Lipinski definition) is 0. The summed E-state index contributed by atoms with van der Waals surface area (Å²) in [6.45, 7) is 6.44. The fourth-order valence-corrected chi connectivity index (χ4v) is 4.06. The lowest BCUT2D eigenvalue weighted by Gasteiger charge is -2.44. The summed E-state index contributed by atoms with van der Waals surface area (Å²) in [5.74, 6) is 0. The number of nitro groups is 1. The van der Waals surface area contributed by atoms with E-state index in [2.05, 4.69) is 18.7 Å². The van der Waals surface area contributed by atoms with Crippen LogP contribution in [0.5, 0.6) is 0 Å². The molecule has 0 amide bonds. The number of non-ortho nitro benzene ring substituents is 1. The second-order valence-corrected chi connectivity index (χ2v) is 7.18. The van der Waals surface area contributed by atoms with Crippen molar-refractivity contribution >= 4 is 5.69 Å². The van der Waals surface area contributed by atoms with Gasteiger partial charge in [-0.2, -0.15) is 0 Å². The Labute approximate surface area is 126 Å². The Morgan fingerprint density at radius 3 is 2.62 bits per heavy atom. The molecule has 1 aliphatic heterocycles. The lowest BCUT2D eigenvalue weighted by molar-refractivity contribution is -0.385. The number of nitrogens with zero attached hydrogens (tertiary/aromatic N) is 2. The van der Waals surface area contributed by atoms with E-state index >= 15 is 0 Å². The van der Waals surface area contributed by atoms with Crippen molar-refractivity contribution in [3.63, 3.8) is 0 Å². The van der Waals surface area contributed by atoms with E-state index in [9.17, 15) is 10.1 Å². The van der Waals surface area contributed by atoms with Crippen LogP contribution in [-0.2, 0) is 12.0 Å². The second-order valence-electron chi connectivity index (χ2n) is 7.18. The van der Waals surface area contributed by atoms with Gasteiger partial charge in [-0.25, -0.2) is 0 Å². The van der Waals surface area contributed by atoms with Gasteiger partial charge in [0.2, 0.25) is 0 Å². The van der Waals surface area contributed by atoms with Gasteiger partial charge in [0.1, 0.15) is 0 Å². The normalized spacial score (nSPS) is 22.8. The zero-order chi connectivity index (χ0) is 15.0. The first kappa shape index (κ1) is 14.5. The van der Waals surface area contributed by atoms with Crippen LogP contribution in [0.25, 0.3) is 0 Å². The van der Waals surface area contributed by atoms with Crippen LogP contribution in [0.1, 0.15) is 57.1 Å². The first-order chi connectivity index (χ1) is 9.97. The Morgan fingerprint density at radius 2 is 1.95 bits per heavy atom. The number of hydrogen-bond acceptors (Lipinski definition) is 3. The van der Waals surface area contributed by atoms with Crippen LogP contribution in [0.4, 0.5) is 5.69 Å². The molecule has 1 heterocycles. The van der Waals surface area contributed by atoms with Crippen molar-refractivity contribution in [1.29, 1.82) is 0 Å². The molecule has 1 aromatic carbocycles. The fourth-order valence-electron chi connectivity index (χ4n) is 4.06. The predicted octanol–water partition coefficient (Wildman–Crippen LogP) is 4.02. The molecular formula is C17H24N2O2. The van der Waals surface area contributed by atoms with Crippen molar-refractivity contribution in [2.24, 2.45) is 0 Å². The van der Waals surface area contributed by atoms with E-state index in [0.29, 0.717) is 6.04 Å². The molecule has 0 saturated heterocycles. The Kier molecular flexibility index (Phi) is 3.74. The molecule has 0 aromatic heterocycles. The van der Waals surface area contributed by atoms with Gasteiger partial charge in [-0.15, -0.1) is 0 Å². The van der Waals surface area contributed by atoms with E-state index in [1.807, 2.05) is 6.07 Å². The minimum Gasteiger partial charge on any atom is -0.295 e. The summed E-state index contributed by atoms with van der Waals surface area (Å²) in [6, 6.07) is 6.06. The monoisotopic (exact) mass is 288 g/mol. The molecule has 0 N–H and O–H groups in total. The predicted molar refractivity (Wildman–Crippen MR) is 83.4 cm³/mol. The van der Waals surface area contributed by atoms with Crippen LogP contribution in [-0.4, -0.2) is 22.4 Å². The van der Waals surface area contributed by atoms with Crippen LogP contribution < -0.4 is 0 Å². The zero-order valence-corrected chi connectivity index (χ0v) is 13.0. The van der Waals surface area contributed by atoms with Crippen molar-refractivity contribution in [3.8, 4) is 0 Å². The quantitative estimate of drug-likeness (QED) is 0.610. The maximum Gasteiger partial charge on any atom is 0.269 e. The molecule has 0 spiro atoms. The van der Waals surface area contributed by atoms with Gasteiger partial charge in [0.05, 0.1) is 4.92 Å². The summed E-state index contributed by atoms with van der Waals surface area (Å²) in [7, 11) is 0.